The number of rotatable bonds is 14. The van der Waals surface area contributed by atoms with Gasteiger partial charge >= 0.3 is 0 Å². The third kappa shape index (κ3) is 8.67. The van der Waals surface area contributed by atoms with Crippen molar-refractivity contribution in [3.63, 3.8) is 0 Å². The molecule has 278 valence electrons. The van der Waals surface area contributed by atoms with Crippen LogP contribution in [0, 0.1) is 11.3 Å². The van der Waals surface area contributed by atoms with Gasteiger partial charge in [0.25, 0.3) is 5.91 Å². The lowest BCUT2D eigenvalue weighted by atomic mass is 9.77. The Labute approximate surface area is 322 Å². The summed E-state index contributed by atoms with van der Waals surface area (Å²) in [7, 11) is 0. The van der Waals surface area contributed by atoms with Gasteiger partial charge in [-0.3, -0.25) is 24.5 Å². The number of amides is 4. The van der Waals surface area contributed by atoms with Crippen LogP contribution in [0.4, 0.5) is 0 Å². The second-order valence-corrected chi connectivity index (χ2v) is 14.7. The summed E-state index contributed by atoms with van der Waals surface area (Å²) in [6.45, 7) is 5.13. The normalized spacial score (nSPS) is 15.4. The second kappa shape index (κ2) is 16.7. The summed E-state index contributed by atoms with van der Waals surface area (Å²) in [6.07, 6.45) is 4.71. The van der Waals surface area contributed by atoms with Crippen LogP contribution in [0.2, 0.25) is 5.02 Å². The number of piperidine rings is 1. The number of thioether (sulfide) groups is 1. The minimum absolute atomic E-state index is 0.177. The highest BCUT2D eigenvalue weighted by atomic mass is 35.5. The van der Waals surface area contributed by atoms with Crippen LogP contribution in [0.15, 0.2) is 72.0 Å². The molecule has 2 aliphatic heterocycles. The first-order chi connectivity index (χ1) is 26.0. The molecule has 0 radical (unpaired) electrons. The lowest BCUT2D eigenvalue weighted by Gasteiger charge is -2.29. The molecule has 2 aliphatic rings. The van der Waals surface area contributed by atoms with Gasteiger partial charge in [-0.05, 0) is 77.7 Å². The Morgan fingerprint density at radius 2 is 1.89 bits per heavy atom. The van der Waals surface area contributed by atoms with Gasteiger partial charge in [-0.2, -0.15) is 5.26 Å². The first-order valence-corrected chi connectivity index (χ1v) is 19.1. The maximum atomic E-state index is 13.0. The average Bonchev–Trinajstić information content (AvgIpc) is 3.49. The number of nitrogens with zero attached hydrogens (tertiary/aromatic N) is 4. The summed E-state index contributed by atoms with van der Waals surface area (Å²) in [5, 5.41) is 16.2. The fraction of sp³-hybridized carbons (Fsp3) is 0.325. The van der Waals surface area contributed by atoms with E-state index in [1.165, 1.54) is 16.7 Å². The first-order valence-electron chi connectivity index (χ1n) is 17.5. The largest absolute Gasteiger partial charge is 0.491 e. The standard InChI is InChI=1S/C40H39ClN6O6S/c1-40(2,27-7-9-30(10-8-27)53-23-29-14-15-43-39(45-29)54-3)28-18-25(20-42)36(32(41)19-28)52-16-4-5-34(48)44-21-24-6-11-31-26(17-24)22-47(38(31)51)33-12-13-35(49)46-37(33)50/h6-11,14-15,17-19,33H,4-5,12-13,16,21-23H2,1-3H3,(H,44,48)(H,46,49,50). The highest BCUT2D eigenvalue weighted by Gasteiger charge is 2.39. The highest BCUT2D eigenvalue weighted by molar-refractivity contribution is 7.98. The number of carbonyl (C=O) groups excluding carboxylic acids is 4. The lowest BCUT2D eigenvalue weighted by Crippen LogP contribution is -2.52. The van der Waals surface area contributed by atoms with Crippen LogP contribution in [0.25, 0.3) is 0 Å². The molecule has 3 heterocycles. The molecule has 3 aromatic carbocycles. The summed E-state index contributed by atoms with van der Waals surface area (Å²) in [6, 6.07) is 20.1. The van der Waals surface area contributed by atoms with Gasteiger partial charge in [-0.1, -0.05) is 61.5 Å². The number of carbonyl (C=O) groups is 4. The minimum atomic E-state index is -0.683. The van der Waals surface area contributed by atoms with Crippen LogP contribution >= 0.6 is 23.4 Å². The summed E-state index contributed by atoms with van der Waals surface area (Å²) >= 11 is 8.16. The highest BCUT2D eigenvalue weighted by Crippen LogP contribution is 2.39. The SMILES string of the molecule is CSc1nccc(COc2ccc(C(C)(C)c3cc(Cl)c(OCCCC(=O)NCc4ccc5c(c4)CN(C4CCC(=O)NC4=O)C5=O)c(C#N)c3)cc2)n1. The molecule has 4 aromatic rings. The lowest BCUT2D eigenvalue weighted by molar-refractivity contribution is -0.137. The van der Waals surface area contributed by atoms with Crippen molar-refractivity contribution in [2.75, 3.05) is 12.9 Å². The predicted octanol–water partition coefficient (Wildman–Crippen LogP) is 5.86. The summed E-state index contributed by atoms with van der Waals surface area (Å²) in [5.41, 5.74) is 4.54. The molecule has 1 aromatic heterocycles. The van der Waals surface area contributed by atoms with Gasteiger partial charge < -0.3 is 19.7 Å². The van der Waals surface area contributed by atoms with E-state index in [4.69, 9.17) is 21.1 Å². The topological polar surface area (TPSA) is 164 Å². The Kier molecular flexibility index (Phi) is 11.8. The first kappa shape index (κ1) is 38.3. The van der Waals surface area contributed by atoms with Crippen molar-refractivity contribution in [3.8, 4) is 17.6 Å². The molecule has 1 fully saturated rings. The number of benzene rings is 3. The van der Waals surface area contributed by atoms with Crippen LogP contribution < -0.4 is 20.1 Å². The minimum Gasteiger partial charge on any atom is -0.491 e. The van der Waals surface area contributed by atoms with Gasteiger partial charge in [0, 0.05) is 43.1 Å². The van der Waals surface area contributed by atoms with Gasteiger partial charge in [0.05, 0.1) is 22.9 Å². The number of halogens is 1. The van der Waals surface area contributed by atoms with E-state index >= 15 is 0 Å². The van der Waals surface area contributed by atoms with Crippen molar-refractivity contribution >= 4 is 47.0 Å². The quantitative estimate of drug-likeness (QED) is 0.0688. The summed E-state index contributed by atoms with van der Waals surface area (Å²) < 4.78 is 11.9. The van der Waals surface area contributed by atoms with Crippen molar-refractivity contribution in [2.24, 2.45) is 0 Å². The van der Waals surface area contributed by atoms with E-state index in [2.05, 4.69) is 40.5 Å². The molecular weight excluding hydrogens is 728 g/mol. The van der Waals surface area contributed by atoms with E-state index in [1.54, 1.807) is 24.4 Å². The van der Waals surface area contributed by atoms with Crippen LogP contribution in [-0.4, -0.2) is 57.4 Å². The van der Waals surface area contributed by atoms with Crippen molar-refractivity contribution in [2.45, 2.75) is 75.8 Å². The van der Waals surface area contributed by atoms with Crippen LogP contribution in [0.1, 0.15) is 83.4 Å². The molecule has 1 atom stereocenters. The average molecular weight is 767 g/mol. The molecule has 1 unspecified atom stereocenters. The van der Waals surface area contributed by atoms with E-state index in [1.807, 2.05) is 48.7 Å². The summed E-state index contributed by atoms with van der Waals surface area (Å²) in [5.74, 6) is -0.239. The zero-order valence-electron chi connectivity index (χ0n) is 30.1. The number of ether oxygens (including phenoxy) is 2. The Morgan fingerprint density at radius 1 is 1.09 bits per heavy atom. The molecule has 0 aliphatic carbocycles. The Bertz CT molecular complexity index is 2140. The van der Waals surface area contributed by atoms with Gasteiger partial charge in [-0.25, -0.2) is 9.97 Å². The molecule has 12 nitrogen and oxygen atoms in total. The maximum Gasteiger partial charge on any atom is 0.255 e. The second-order valence-electron chi connectivity index (χ2n) is 13.5. The van der Waals surface area contributed by atoms with Crippen LogP contribution in [0.5, 0.6) is 11.5 Å². The molecule has 2 N–H and O–H groups in total. The maximum absolute atomic E-state index is 13.0. The number of aromatic nitrogens is 2. The third-order valence-corrected chi connectivity index (χ3v) is 10.4. The fourth-order valence-electron chi connectivity index (χ4n) is 6.46. The number of nitrogens with one attached hydrogen (secondary N) is 2. The third-order valence-electron chi connectivity index (χ3n) is 9.59. The zero-order valence-corrected chi connectivity index (χ0v) is 31.7. The fourth-order valence-corrected chi connectivity index (χ4v) is 7.11. The van der Waals surface area contributed by atoms with Crippen molar-refractivity contribution < 1.29 is 28.7 Å². The smallest absolute Gasteiger partial charge is 0.255 e. The molecule has 1 saturated heterocycles. The number of imide groups is 1. The van der Waals surface area contributed by atoms with E-state index in [-0.39, 0.29) is 56.0 Å². The van der Waals surface area contributed by atoms with Crippen molar-refractivity contribution in [1.29, 1.82) is 5.26 Å². The molecule has 54 heavy (non-hydrogen) atoms. The monoisotopic (exact) mass is 766 g/mol. The number of hydrogen-bond donors (Lipinski definition) is 2. The van der Waals surface area contributed by atoms with E-state index in [0.29, 0.717) is 46.5 Å². The van der Waals surface area contributed by atoms with Gasteiger partial charge in [0.2, 0.25) is 17.7 Å². The molecule has 0 bridgehead atoms. The molecule has 0 spiro atoms. The molecule has 4 amide bonds. The van der Waals surface area contributed by atoms with Crippen molar-refractivity contribution in [3.05, 3.63) is 111 Å². The van der Waals surface area contributed by atoms with Gasteiger partial charge in [0.15, 0.2) is 10.9 Å². The number of fused-ring (bicyclic) bond motifs is 1. The van der Waals surface area contributed by atoms with E-state index in [9.17, 15) is 24.4 Å². The van der Waals surface area contributed by atoms with Crippen LogP contribution in [-0.2, 0) is 39.5 Å². The Balaban J connectivity index is 0.983. The molecular formula is C40H39ClN6O6S. The molecule has 6 rings (SSSR count). The number of nitriles is 1. The Hall–Kier alpha value is -5.45. The zero-order chi connectivity index (χ0) is 38.4. The van der Waals surface area contributed by atoms with Gasteiger partial charge in [-0.15, -0.1) is 0 Å². The molecule has 0 saturated carbocycles. The number of hydrogen-bond acceptors (Lipinski definition) is 10. The van der Waals surface area contributed by atoms with Gasteiger partial charge in [0.1, 0.15) is 24.5 Å². The Morgan fingerprint density at radius 3 is 2.63 bits per heavy atom. The summed E-state index contributed by atoms with van der Waals surface area (Å²) in [4.78, 5) is 59.6. The predicted molar refractivity (Wildman–Crippen MR) is 202 cm³/mol. The van der Waals surface area contributed by atoms with Crippen LogP contribution in [0.3, 0.4) is 0 Å². The van der Waals surface area contributed by atoms with E-state index in [0.717, 1.165) is 27.9 Å². The molecule has 14 heteroatoms. The van der Waals surface area contributed by atoms with Crippen molar-refractivity contribution in [1.82, 2.24) is 25.5 Å². The van der Waals surface area contributed by atoms with E-state index < -0.39 is 17.4 Å².